The van der Waals surface area contributed by atoms with Crippen LogP contribution in [0.4, 0.5) is 0 Å². The van der Waals surface area contributed by atoms with Gasteiger partial charge in [0.2, 0.25) is 0 Å². The smallest absolute Gasteiger partial charge is 0.0414 e. The first kappa shape index (κ1) is 24.0. The first-order valence-electron chi connectivity index (χ1n) is 12.9. The van der Waals surface area contributed by atoms with Gasteiger partial charge in [-0.2, -0.15) is 0 Å². The van der Waals surface area contributed by atoms with E-state index in [-0.39, 0.29) is 0 Å². The maximum atomic E-state index is 2.31. The molecule has 0 amide bonds. The molecule has 0 aromatic carbocycles. The van der Waals surface area contributed by atoms with E-state index in [1.165, 1.54) is 141 Å². The maximum absolute atomic E-state index is 2.31. The van der Waals surface area contributed by atoms with Crippen molar-refractivity contribution in [3.05, 3.63) is 0 Å². The molecular formula is C26H52. The Hall–Kier alpha value is 0. The number of hydrogen-bond acceptors (Lipinski definition) is 0. The minimum absolute atomic E-state index is 1.07. The van der Waals surface area contributed by atoms with Gasteiger partial charge in [0.25, 0.3) is 0 Å². The Balaban J connectivity index is 1.80. The molecule has 0 heteroatoms. The van der Waals surface area contributed by atoms with E-state index in [9.17, 15) is 0 Å². The highest BCUT2D eigenvalue weighted by molar-refractivity contribution is 4.63. The molecule has 0 bridgehead atoms. The van der Waals surface area contributed by atoms with Crippen LogP contribution < -0.4 is 0 Å². The summed E-state index contributed by atoms with van der Waals surface area (Å²) in [7, 11) is 0. The fourth-order valence-electron chi connectivity index (χ4n) is 4.81. The summed E-state index contributed by atoms with van der Waals surface area (Å²) in [6, 6.07) is 0. The molecular weight excluding hydrogens is 312 g/mol. The molecule has 0 heterocycles. The molecule has 26 heavy (non-hydrogen) atoms. The Labute approximate surface area is 167 Å². The quantitative estimate of drug-likeness (QED) is 0.253. The van der Waals surface area contributed by atoms with E-state index >= 15 is 0 Å². The van der Waals surface area contributed by atoms with Crippen molar-refractivity contribution in [2.45, 2.75) is 161 Å². The molecule has 0 aromatic heterocycles. The Morgan fingerprint density at radius 2 is 0.769 bits per heavy atom. The van der Waals surface area contributed by atoms with Gasteiger partial charge >= 0.3 is 0 Å². The summed E-state index contributed by atoms with van der Waals surface area (Å²) in [6.07, 6.45) is 36.0. The largest absolute Gasteiger partial charge is 0.0654 e. The van der Waals surface area contributed by atoms with E-state index in [0.29, 0.717) is 0 Å². The van der Waals surface area contributed by atoms with Crippen LogP contribution in [0.5, 0.6) is 0 Å². The highest BCUT2D eigenvalue weighted by atomic mass is 14.2. The van der Waals surface area contributed by atoms with Gasteiger partial charge in [-0.1, -0.05) is 161 Å². The fourth-order valence-corrected chi connectivity index (χ4v) is 4.81. The van der Waals surface area contributed by atoms with Crippen LogP contribution in [0.25, 0.3) is 0 Å². The third kappa shape index (κ3) is 16.2. The Kier molecular flexibility index (Phi) is 18.3. The molecule has 0 aliphatic heterocycles. The van der Waals surface area contributed by atoms with Crippen LogP contribution in [-0.4, -0.2) is 0 Å². The molecule has 1 fully saturated rings. The summed E-state index contributed by atoms with van der Waals surface area (Å²) in [5.41, 5.74) is 0. The summed E-state index contributed by atoms with van der Waals surface area (Å²) in [5.74, 6) is 1.07. The van der Waals surface area contributed by atoms with Crippen molar-refractivity contribution < 1.29 is 0 Å². The van der Waals surface area contributed by atoms with Crippen molar-refractivity contribution in [2.75, 3.05) is 0 Å². The summed E-state index contributed by atoms with van der Waals surface area (Å²) in [4.78, 5) is 0. The third-order valence-corrected chi connectivity index (χ3v) is 6.69. The zero-order valence-electron chi connectivity index (χ0n) is 18.5. The molecule has 1 aliphatic rings. The van der Waals surface area contributed by atoms with Crippen molar-refractivity contribution in [1.82, 2.24) is 0 Å². The monoisotopic (exact) mass is 364 g/mol. The lowest BCUT2D eigenvalue weighted by molar-refractivity contribution is 0.356. The normalized spacial score (nSPS) is 17.4. The van der Waals surface area contributed by atoms with E-state index in [0.717, 1.165) is 5.92 Å². The van der Waals surface area contributed by atoms with E-state index in [2.05, 4.69) is 6.92 Å². The Bertz CT molecular complexity index is 247. The summed E-state index contributed by atoms with van der Waals surface area (Å²) >= 11 is 0. The third-order valence-electron chi connectivity index (χ3n) is 6.69. The number of hydrogen-bond donors (Lipinski definition) is 0. The second-order valence-electron chi connectivity index (χ2n) is 9.30. The second kappa shape index (κ2) is 19.8. The zero-order valence-corrected chi connectivity index (χ0v) is 18.5. The van der Waals surface area contributed by atoms with Crippen molar-refractivity contribution in [3.8, 4) is 0 Å². The van der Waals surface area contributed by atoms with E-state index in [4.69, 9.17) is 0 Å². The van der Waals surface area contributed by atoms with Crippen LogP contribution in [0.3, 0.4) is 0 Å². The first-order valence-corrected chi connectivity index (χ1v) is 12.9. The van der Waals surface area contributed by atoms with Crippen LogP contribution in [-0.2, 0) is 0 Å². The molecule has 0 saturated heterocycles. The van der Waals surface area contributed by atoms with Gasteiger partial charge < -0.3 is 0 Å². The van der Waals surface area contributed by atoms with Crippen molar-refractivity contribution in [2.24, 2.45) is 5.92 Å². The van der Waals surface area contributed by atoms with Gasteiger partial charge in [0, 0.05) is 0 Å². The summed E-state index contributed by atoms with van der Waals surface area (Å²) in [5, 5.41) is 0. The van der Waals surface area contributed by atoms with Gasteiger partial charge in [0.15, 0.2) is 0 Å². The topological polar surface area (TPSA) is 0 Å². The van der Waals surface area contributed by atoms with Crippen molar-refractivity contribution in [1.29, 1.82) is 0 Å². The lowest BCUT2D eigenvalue weighted by Gasteiger charge is -2.18. The molecule has 0 aromatic rings. The molecule has 0 spiro atoms. The van der Waals surface area contributed by atoms with Crippen LogP contribution in [0.2, 0.25) is 0 Å². The second-order valence-corrected chi connectivity index (χ2v) is 9.30. The molecule has 1 saturated carbocycles. The van der Waals surface area contributed by atoms with Crippen molar-refractivity contribution >= 4 is 0 Å². The van der Waals surface area contributed by atoms with Crippen LogP contribution in [0.15, 0.2) is 0 Å². The SMILES string of the molecule is CCCCCCCCCCCCCCCCC1CCCCCCCCC1. The minimum atomic E-state index is 1.07. The molecule has 0 radical (unpaired) electrons. The summed E-state index contributed by atoms with van der Waals surface area (Å²) < 4.78 is 0. The van der Waals surface area contributed by atoms with Crippen LogP contribution >= 0.6 is 0 Å². The van der Waals surface area contributed by atoms with Gasteiger partial charge in [-0.05, 0) is 5.92 Å². The van der Waals surface area contributed by atoms with E-state index < -0.39 is 0 Å². The lowest BCUT2D eigenvalue weighted by atomic mass is 9.88. The average Bonchev–Trinajstić information content (AvgIpc) is 2.67. The van der Waals surface area contributed by atoms with Crippen molar-refractivity contribution in [3.63, 3.8) is 0 Å². The van der Waals surface area contributed by atoms with E-state index in [1.54, 1.807) is 12.8 Å². The average molecular weight is 365 g/mol. The molecule has 0 unspecified atom stereocenters. The zero-order chi connectivity index (χ0) is 18.5. The molecule has 1 rings (SSSR count). The molecule has 156 valence electrons. The molecule has 1 aliphatic carbocycles. The Morgan fingerprint density at radius 1 is 0.423 bits per heavy atom. The Morgan fingerprint density at radius 3 is 1.19 bits per heavy atom. The van der Waals surface area contributed by atoms with Gasteiger partial charge in [-0.15, -0.1) is 0 Å². The fraction of sp³-hybridized carbons (Fsp3) is 1.00. The predicted octanol–water partition coefficient (Wildman–Crippen LogP) is 10.00. The van der Waals surface area contributed by atoms with Crippen LogP contribution in [0.1, 0.15) is 161 Å². The van der Waals surface area contributed by atoms with Gasteiger partial charge in [0.05, 0.1) is 0 Å². The molecule has 0 N–H and O–H groups in total. The molecule has 0 atom stereocenters. The maximum Gasteiger partial charge on any atom is -0.0414 e. The first-order chi connectivity index (χ1) is 12.9. The van der Waals surface area contributed by atoms with Crippen LogP contribution in [0, 0.1) is 5.92 Å². The van der Waals surface area contributed by atoms with Gasteiger partial charge in [0.1, 0.15) is 0 Å². The standard InChI is InChI=1S/C26H52/c1-2-3-4-5-6-7-8-9-10-11-12-14-17-20-23-26-24-21-18-15-13-16-19-22-25-26/h26H,2-25H2,1H3. The predicted molar refractivity (Wildman–Crippen MR) is 120 cm³/mol. The highest BCUT2D eigenvalue weighted by Gasteiger charge is 2.09. The highest BCUT2D eigenvalue weighted by Crippen LogP contribution is 2.26. The number of unbranched alkanes of at least 4 members (excludes halogenated alkanes) is 13. The number of rotatable bonds is 15. The van der Waals surface area contributed by atoms with Gasteiger partial charge in [-0.25, -0.2) is 0 Å². The van der Waals surface area contributed by atoms with E-state index in [1.807, 2.05) is 0 Å². The lowest BCUT2D eigenvalue weighted by Crippen LogP contribution is -2.02. The van der Waals surface area contributed by atoms with Gasteiger partial charge in [-0.3, -0.25) is 0 Å². The molecule has 0 nitrogen and oxygen atoms in total. The minimum Gasteiger partial charge on any atom is -0.0654 e. The summed E-state index contributed by atoms with van der Waals surface area (Å²) in [6.45, 7) is 2.31.